The maximum atomic E-state index is 5.45. The van der Waals surface area contributed by atoms with Crippen molar-refractivity contribution in [3.05, 3.63) is 71.4 Å². The van der Waals surface area contributed by atoms with E-state index in [1.165, 1.54) is 5.56 Å². The Hall–Kier alpha value is -2.86. The summed E-state index contributed by atoms with van der Waals surface area (Å²) in [5.74, 6) is 3.00. The minimum absolute atomic E-state index is 0.0278. The molecule has 0 radical (unpaired) electrons. The molecule has 0 spiro atoms. The molecule has 2 atom stereocenters. The maximum absolute atomic E-state index is 5.45. The van der Waals surface area contributed by atoms with E-state index < -0.39 is 0 Å². The molecular weight excluding hydrogens is 354 g/mol. The van der Waals surface area contributed by atoms with Gasteiger partial charge in [-0.05, 0) is 49.9 Å². The fourth-order valence-electron chi connectivity index (χ4n) is 3.35. The van der Waals surface area contributed by atoms with Crippen molar-refractivity contribution in [2.24, 2.45) is 0 Å². The molecule has 1 N–H and O–H groups in total. The molecule has 0 aliphatic carbocycles. The summed E-state index contributed by atoms with van der Waals surface area (Å²) in [4.78, 5) is 4.55. The summed E-state index contributed by atoms with van der Waals surface area (Å²) in [5, 5.41) is 7.70. The van der Waals surface area contributed by atoms with Crippen LogP contribution in [0.3, 0.4) is 0 Å². The van der Waals surface area contributed by atoms with Crippen LogP contribution in [0.25, 0.3) is 0 Å². The first kappa shape index (κ1) is 18.5. The molecular formula is C22H25N3O3. The predicted molar refractivity (Wildman–Crippen MR) is 105 cm³/mol. The SMILES string of the molecule is C[C@H](CCc1ccc2c(c1)OCO2)N[C@H](C)c1noc(Cc2ccccc2)n1. The van der Waals surface area contributed by atoms with Gasteiger partial charge in [0.2, 0.25) is 12.7 Å². The Kier molecular flexibility index (Phi) is 5.58. The first-order chi connectivity index (χ1) is 13.7. The second kappa shape index (κ2) is 8.44. The van der Waals surface area contributed by atoms with Crippen molar-refractivity contribution in [3.63, 3.8) is 0 Å². The standard InChI is InChI=1S/C22H25N3O3/c1-15(8-9-18-10-11-19-20(12-18)27-14-26-19)23-16(2)22-24-21(28-25-22)13-17-6-4-3-5-7-17/h3-7,10-12,15-16,23H,8-9,13-14H2,1-2H3/t15-,16-/m1/s1. The minimum atomic E-state index is 0.0278. The van der Waals surface area contributed by atoms with Gasteiger partial charge in [0.05, 0.1) is 12.5 Å². The second-order valence-corrected chi connectivity index (χ2v) is 7.22. The summed E-state index contributed by atoms with van der Waals surface area (Å²) >= 11 is 0. The molecule has 0 saturated carbocycles. The Morgan fingerprint density at radius 3 is 2.68 bits per heavy atom. The third-order valence-corrected chi connectivity index (χ3v) is 4.91. The van der Waals surface area contributed by atoms with Gasteiger partial charge in [-0.25, -0.2) is 0 Å². The fraction of sp³-hybridized carbons (Fsp3) is 0.364. The molecule has 28 heavy (non-hydrogen) atoms. The number of hydrogen-bond acceptors (Lipinski definition) is 6. The van der Waals surface area contributed by atoms with E-state index in [4.69, 9.17) is 14.0 Å². The summed E-state index contributed by atoms with van der Waals surface area (Å²) in [5.41, 5.74) is 2.41. The normalized spacial score (nSPS) is 14.8. The molecule has 0 bridgehead atoms. The quantitative estimate of drug-likeness (QED) is 0.636. The number of hydrogen-bond donors (Lipinski definition) is 1. The first-order valence-corrected chi connectivity index (χ1v) is 9.68. The third-order valence-electron chi connectivity index (χ3n) is 4.91. The molecule has 0 fully saturated rings. The van der Waals surface area contributed by atoms with E-state index in [9.17, 15) is 0 Å². The van der Waals surface area contributed by atoms with Crippen LogP contribution in [-0.2, 0) is 12.8 Å². The smallest absolute Gasteiger partial charge is 0.231 e. The number of benzene rings is 2. The van der Waals surface area contributed by atoms with E-state index in [1.54, 1.807) is 0 Å². The molecule has 3 aromatic rings. The molecule has 1 aromatic heterocycles. The van der Waals surface area contributed by atoms with Gasteiger partial charge in [-0.15, -0.1) is 0 Å². The van der Waals surface area contributed by atoms with Gasteiger partial charge in [-0.3, -0.25) is 0 Å². The molecule has 146 valence electrons. The minimum Gasteiger partial charge on any atom is -0.454 e. The topological polar surface area (TPSA) is 69.4 Å². The summed E-state index contributed by atoms with van der Waals surface area (Å²) in [6.07, 6.45) is 2.61. The second-order valence-electron chi connectivity index (χ2n) is 7.22. The van der Waals surface area contributed by atoms with Gasteiger partial charge in [0.15, 0.2) is 17.3 Å². The molecule has 1 aliphatic heterocycles. The number of rotatable bonds is 8. The Balaban J connectivity index is 1.28. The highest BCUT2D eigenvalue weighted by Crippen LogP contribution is 2.32. The van der Waals surface area contributed by atoms with Crippen molar-refractivity contribution in [3.8, 4) is 11.5 Å². The fourth-order valence-corrected chi connectivity index (χ4v) is 3.35. The lowest BCUT2D eigenvalue weighted by Crippen LogP contribution is -2.30. The maximum Gasteiger partial charge on any atom is 0.231 e. The van der Waals surface area contributed by atoms with Crippen molar-refractivity contribution < 1.29 is 14.0 Å². The molecule has 0 saturated heterocycles. The van der Waals surface area contributed by atoms with E-state index in [2.05, 4.69) is 53.6 Å². The molecule has 4 rings (SSSR count). The van der Waals surface area contributed by atoms with Crippen molar-refractivity contribution in [2.75, 3.05) is 6.79 Å². The Bertz CT molecular complexity index is 910. The number of aryl methyl sites for hydroxylation is 1. The van der Waals surface area contributed by atoms with Gasteiger partial charge in [0.1, 0.15) is 0 Å². The Labute approximate surface area is 164 Å². The van der Waals surface area contributed by atoms with Crippen LogP contribution in [0.2, 0.25) is 0 Å². The average molecular weight is 379 g/mol. The molecule has 0 unspecified atom stereocenters. The van der Waals surface area contributed by atoms with Gasteiger partial charge < -0.3 is 19.3 Å². The summed E-state index contributed by atoms with van der Waals surface area (Å²) in [6.45, 7) is 4.55. The highest BCUT2D eigenvalue weighted by atomic mass is 16.7. The highest BCUT2D eigenvalue weighted by Gasteiger charge is 2.17. The molecule has 1 aliphatic rings. The average Bonchev–Trinajstić information content (AvgIpc) is 3.36. The molecule has 0 amide bonds. The van der Waals surface area contributed by atoms with Gasteiger partial charge in [-0.1, -0.05) is 41.6 Å². The largest absolute Gasteiger partial charge is 0.454 e. The van der Waals surface area contributed by atoms with Crippen LogP contribution in [0.4, 0.5) is 0 Å². The summed E-state index contributed by atoms with van der Waals surface area (Å²) in [6, 6.07) is 16.6. The van der Waals surface area contributed by atoms with Crippen molar-refractivity contribution in [2.45, 2.75) is 45.2 Å². The third kappa shape index (κ3) is 4.51. The van der Waals surface area contributed by atoms with Crippen LogP contribution in [0.5, 0.6) is 11.5 Å². The Morgan fingerprint density at radius 2 is 1.82 bits per heavy atom. The monoisotopic (exact) mass is 379 g/mol. The zero-order valence-corrected chi connectivity index (χ0v) is 16.2. The Morgan fingerprint density at radius 1 is 1.00 bits per heavy atom. The number of fused-ring (bicyclic) bond motifs is 1. The van der Waals surface area contributed by atoms with E-state index in [0.717, 1.165) is 29.9 Å². The van der Waals surface area contributed by atoms with Crippen molar-refractivity contribution >= 4 is 0 Å². The van der Waals surface area contributed by atoms with Gasteiger partial charge in [0, 0.05) is 6.04 Å². The molecule has 2 aromatic carbocycles. The van der Waals surface area contributed by atoms with Gasteiger partial charge >= 0.3 is 0 Å². The van der Waals surface area contributed by atoms with Crippen LogP contribution in [0.15, 0.2) is 53.1 Å². The van der Waals surface area contributed by atoms with Crippen molar-refractivity contribution in [1.29, 1.82) is 0 Å². The van der Waals surface area contributed by atoms with Crippen LogP contribution in [0, 0.1) is 0 Å². The molecule has 6 heteroatoms. The van der Waals surface area contributed by atoms with Gasteiger partial charge in [-0.2, -0.15) is 4.98 Å². The predicted octanol–water partition coefficient (Wildman–Crippen LogP) is 4.06. The zero-order valence-electron chi connectivity index (χ0n) is 16.2. The number of nitrogens with zero attached hydrogens (tertiary/aromatic N) is 2. The molecule has 2 heterocycles. The lowest BCUT2D eigenvalue weighted by Gasteiger charge is -2.17. The van der Waals surface area contributed by atoms with Crippen LogP contribution >= 0.6 is 0 Å². The van der Waals surface area contributed by atoms with Crippen LogP contribution < -0.4 is 14.8 Å². The lowest BCUT2D eigenvalue weighted by atomic mass is 10.0. The van der Waals surface area contributed by atoms with Crippen molar-refractivity contribution in [1.82, 2.24) is 15.5 Å². The van der Waals surface area contributed by atoms with Gasteiger partial charge in [0.25, 0.3) is 0 Å². The van der Waals surface area contributed by atoms with E-state index in [0.29, 0.717) is 31.0 Å². The van der Waals surface area contributed by atoms with E-state index in [-0.39, 0.29) is 6.04 Å². The molecule has 6 nitrogen and oxygen atoms in total. The first-order valence-electron chi connectivity index (χ1n) is 9.68. The summed E-state index contributed by atoms with van der Waals surface area (Å²) in [7, 11) is 0. The van der Waals surface area contributed by atoms with E-state index >= 15 is 0 Å². The summed E-state index contributed by atoms with van der Waals surface area (Å²) < 4.78 is 16.2. The van der Waals surface area contributed by atoms with Crippen LogP contribution in [-0.4, -0.2) is 23.0 Å². The zero-order chi connectivity index (χ0) is 19.3. The highest BCUT2D eigenvalue weighted by molar-refractivity contribution is 5.44. The lowest BCUT2D eigenvalue weighted by molar-refractivity contribution is 0.174. The van der Waals surface area contributed by atoms with Crippen LogP contribution in [0.1, 0.15) is 49.2 Å². The number of nitrogens with one attached hydrogen (secondary N) is 1. The number of ether oxygens (including phenoxy) is 2. The van der Waals surface area contributed by atoms with E-state index in [1.807, 2.05) is 24.3 Å². The number of aromatic nitrogens is 2.